The van der Waals surface area contributed by atoms with Crippen LogP contribution in [0.15, 0.2) is 59.6 Å². The molecule has 0 unspecified atom stereocenters. The molecular formula is C19H13Cl2NO2. The Morgan fingerprint density at radius 2 is 1.88 bits per heavy atom. The van der Waals surface area contributed by atoms with Crippen LogP contribution in [0, 0.1) is 0 Å². The number of aliphatic imine (C=N–C) groups is 1. The Bertz CT molecular complexity index is 951. The van der Waals surface area contributed by atoms with Gasteiger partial charge in [-0.25, -0.2) is 0 Å². The highest BCUT2D eigenvalue weighted by atomic mass is 35.5. The van der Waals surface area contributed by atoms with Crippen molar-refractivity contribution in [2.75, 3.05) is 0 Å². The van der Waals surface area contributed by atoms with Crippen molar-refractivity contribution in [3.05, 3.63) is 70.2 Å². The predicted molar refractivity (Wildman–Crippen MR) is 99.0 cm³/mol. The van der Waals surface area contributed by atoms with Crippen LogP contribution in [0.5, 0.6) is 5.75 Å². The highest BCUT2D eigenvalue weighted by molar-refractivity contribution is 6.36. The Labute approximate surface area is 149 Å². The van der Waals surface area contributed by atoms with Crippen molar-refractivity contribution in [2.45, 2.75) is 6.92 Å². The molecule has 3 aromatic rings. The van der Waals surface area contributed by atoms with Gasteiger partial charge in [0.15, 0.2) is 0 Å². The summed E-state index contributed by atoms with van der Waals surface area (Å²) in [7, 11) is 0. The van der Waals surface area contributed by atoms with Crippen molar-refractivity contribution >= 4 is 51.8 Å². The first-order valence-electron chi connectivity index (χ1n) is 7.24. The maximum Gasteiger partial charge on any atom is 0.308 e. The lowest BCUT2D eigenvalue weighted by Gasteiger charge is -2.09. The van der Waals surface area contributed by atoms with Crippen LogP contribution in [0.1, 0.15) is 12.5 Å². The van der Waals surface area contributed by atoms with Crippen LogP contribution in [0.25, 0.3) is 10.8 Å². The number of hydrogen-bond donors (Lipinski definition) is 0. The summed E-state index contributed by atoms with van der Waals surface area (Å²) in [4.78, 5) is 15.8. The molecule has 0 aliphatic heterocycles. The average molecular weight is 358 g/mol. The fraction of sp³-hybridized carbons (Fsp3) is 0.0526. The van der Waals surface area contributed by atoms with Gasteiger partial charge in [0.25, 0.3) is 0 Å². The summed E-state index contributed by atoms with van der Waals surface area (Å²) in [5, 5.41) is 2.96. The molecule has 3 nitrogen and oxygen atoms in total. The molecule has 3 aromatic carbocycles. The van der Waals surface area contributed by atoms with Crippen LogP contribution in [-0.2, 0) is 4.79 Å². The molecule has 0 heterocycles. The van der Waals surface area contributed by atoms with Gasteiger partial charge in [0, 0.05) is 23.7 Å². The van der Waals surface area contributed by atoms with Crippen LogP contribution in [-0.4, -0.2) is 12.2 Å². The Morgan fingerprint density at radius 3 is 2.62 bits per heavy atom. The van der Waals surface area contributed by atoms with Crippen molar-refractivity contribution in [1.29, 1.82) is 0 Å². The van der Waals surface area contributed by atoms with E-state index in [0.717, 1.165) is 10.8 Å². The van der Waals surface area contributed by atoms with Crippen molar-refractivity contribution in [3.63, 3.8) is 0 Å². The van der Waals surface area contributed by atoms with Crippen molar-refractivity contribution < 1.29 is 9.53 Å². The molecule has 0 fully saturated rings. The third kappa shape index (κ3) is 3.58. The molecule has 0 aliphatic rings. The largest absolute Gasteiger partial charge is 0.426 e. The summed E-state index contributed by atoms with van der Waals surface area (Å²) in [6.45, 7) is 1.37. The van der Waals surface area contributed by atoms with Gasteiger partial charge in [-0.1, -0.05) is 53.5 Å². The van der Waals surface area contributed by atoms with E-state index in [1.165, 1.54) is 6.92 Å². The van der Waals surface area contributed by atoms with Crippen molar-refractivity contribution in [2.24, 2.45) is 4.99 Å². The van der Waals surface area contributed by atoms with Crippen LogP contribution >= 0.6 is 23.2 Å². The molecule has 0 atom stereocenters. The maximum atomic E-state index is 11.4. The van der Waals surface area contributed by atoms with Gasteiger partial charge in [-0.15, -0.1) is 0 Å². The van der Waals surface area contributed by atoms with E-state index in [1.807, 2.05) is 30.3 Å². The zero-order valence-corrected chi connectivity index (χ0v) is 14.3. The standard InChI is InChI=1S/C19H13Cl2NO2/c1-12(23)24-19-9-6-13-4-2-3-5-15(13)16(19)11-22-18-8-7-14(20)10-17(18)21/h2-11H,1H3. The van der Waals surface area contributed by atoms with Gasteiger partial charge in [0.05, 0.1) is 10.7 Å². The summed E-state index contributed by atoms with van der Waals surface area (Å²) in [6.07, 6.45) is 1.65. The van der Waals surface area contributed by atoms with Crippen LogP contribution < -0.4 is 4.74 Å². The highest BCUT2D eigenvalue weighted by Crippen LogP contribution is 2.30. The number of nitrogens with zero attached hydrogens (tertiary/aromatic N) is 1. The van der Waals surface area contributed by atoms with E-state index in [9.17, 15) is 4.79 Å². The van der Waals surface area contributed by atoms with Crippen LogP contribution in [0.2, 0.25) is 10.0 Å². The number of carbonyl (C=O) groups is 1. The van der Waals surface area contributed by atoms with Gasteiger partial charge >= 0.3 is 5.97 Å². The molecule has 0 saturated carbocycles. The quantitative estimate of drug-likeness (QED) is 0.336. The zero-order valence-electron chi connectivity index (χ0n) is 12.8. The minimum atomic E-state index is -0.385. The molecule has 0 N–H and O–H groups in total. The number of benzene rings is 3. The molecule has 0 amide bonds. The predicted octanol–water partition coefficient (Wildman–Crippen LogP) is 5.82. The second kappa shape index (κ2) is 7.04. The minimum Gasteiger partial charge on any atom is -0.426 e. The molecule has 0 aliphatic carbocycles. The molecule has 5 heteroatoms. The van der Waals surface area contributed by atoms with Crippen molar-refractivity contribution in [1.82, 2.24) is 0 Å². The first kappa shape index (κ1) is 16.5. The summed E-state index contributed by atoms with van der Waals surface area (Å²) in [5.74, 6) is 0.0690. The summed E-state index contributed by atoms with van der Waals surface area (Å²) < 4.78 is 5.31. The van der Waals surface area contributed by atoms with E-state index in [4.69, 9.17) is 27.9 Å². The molecule has 120 valence electrons. The number of fused-ring (bicyclic) bond motifs is 1. The maximum absolute atomic E-state index is 11.4. The number of halogens is 2. The molecular weight excluding hydrogens is 345 g/mol. The topological polar surface area (TPSA) is 38.7 Å². The fourth-order valence-corrected chi connectivity index (χ4v) is 2.83. The number of rotatable bonds is 3. The number of carbonyl (C=O) groups excluding carboxylic acids is 1. The van der Waals surface area contributed by atoms with Crippen molar-refractivity contribution in [3.8, 4) is 5.75 Å². The summed E-state index contributed by atoms with van der Waals surface area (Å²) in [6, 6.07) is 16.6. The minimum absolute atomic E-state index is 0.385. The molecule has 0 spiro atoms. The Morgan fingerprint density at radius 1 is 1.08 bits per heavy atom. The second-order valence-electron chi connectivity index (χ2n) is 5.15. The van der Waals surface area contributed by atoms with E-state index >= 15 is 0 Å². The van der Waals surface area contributed by atoms with E-state index in [-0.39, 0.29) is 5.97 Å². The second-order valence-corrected chi connectivity index (χ2v) is 5.99. The van der Waals surface area contributed by atoms with Crippen LogP contribution in [0.3, 0.4) is 0 Å². The lowest BCUT2D eigenvalue weighted by Crippen LogP contribution is -2.04. The number of ether oxygens (including phenoxy) is 1. The third-order valence-corrected chi connectivity index (χ3v) is 3.96. The monoisotopic (exact) mass is 357 g/mol. The highest BCUT2D eigenvalue weighted by Gasteiger charge is 2.09. The fourth-order valence-electron chi connectivity index (χ4n) is 2.37. The third-order valence-electron chi connectivity index (χ3n) is 3.43. The molecule has 0 bridgehead atoms. The van der Waals surface area contributed by atoms with Gasteiger partial charge in [0.2, 0.25) is 0 Å². The Hall–Kier alpha value is -2.36. The number of hydrogen-bond acceptors (Lipinski definition) is 3. The molecule has 24 heavy (non-hydrogen) atoms. The Kier molecular flexibility index (Phi) is 4.84. The molecule has 0 aromatic heterocycles. The van der Waals surface area contributed by atoms with Gasteiger partial charge < -0.3 is 4.74 Å². The normalized spacial score (nSPS) is 11.1. The lowest BCUT2D eigenvalue weighted by molar-refractivity contribution is -0.131. The van der Waals surface area contributed by atoms with Gasteiger partial charge in [-0.2, -0.15) is 0 Å². The molecule has 3 rings (SSSR count). The summed E-state index contributed by atoms with van der Waals surface area (Å²) in [5.41, 5.74) is 1.30. The summed E-state index contributed by atoms with van der Waals surface area (Å²) >= 11 is 12.1. The van der Waals surface area contributed by atoms with E-state index < -0.39 is 0 Å². The van der Waals surface area contributed by atoms with Crippen LogP contribution in [0.4, 0.5) is 5.69 Å². The SMILES string of the molecule is CC(=O)Oc1ccc2ccccc2c1C=Nc1ccc(Cl)cc1Cl. The molecule has 0 saturated heterocycles. The zero-order chi connectivity index (χ0) is 17.1. The van der Waals surface area contributed by atoms with Gasteiger partial charge in [-0.05, 0) is 35.0 Å². The first-order valence-corrected chi connectivity index (χ1v) is 7.99. The lowest BCUT2D eigenvalue weighted by atomic mass is 10.0. The Balaban J connectivity index is 2.12. The smallest absolute Gasteiger partial charge is 0.308 e. The first-order chi connectivity index (χ1) is 11.5. The molecule has 0 radical (unpaired) electrons. The van der Waals surface area contributed by atoms with E-state index in [2.05, 4.69) is 4.99 Å². The van der Waals surface area contributed by atoms with Gasteiger partial charge in [-0.3, -0.25) is 9.79 Å². The van der Waals surface area contributed by atoms with E-state index in [1.54, 1.807) is 30.5 Å². The number of esters is 1. The van der Waals surface area contributed by atoms with Gasteiger partial charge in [0.1, 0.15) is 5.75 Å². The van der Waals surface area contributed by atoms with E-state index in [0.29, 0.717) is 27.0 Å². The average Bonchev–Trinajstić information content (AvgIpc) is 2.54.